The maximum absolute atomic E-state index is 4.68. The van der Waals surface area contributed by atoms with Crippen molar-refractivity contribution in [3.8, 4) is 44.8 Å². The van der Waals surface area contributed by atoms with Gasteiger partial charge in [-0.25, -0.2) is 0 Å². The summed E-state index contributed by atoms with van der Waals surface area (Å²) in [6.07, 6.45) is 3.69. The Morgan fingerprint density at radius 2 is 0.953 bits per heavy atom. The van der Waals surface area contributed by atoms with Crippen LogP contribution in [0.25, 0.3) is 77.1 Å². The van der Waals surface area contributed by atoms with E-state index in [0.717, 1.165) is 22.5 Å². The number of aromatic nitrogens is 2. The molecular formula is C41H28N2. The van der Waals surface area contributed by atoms with Gasteiger partial charge in [0.2, 0.25) is 0 Å². The van der Waals surface area contributed by atoms with E-state index in [-0.39, 0.29) is 0 Å². The van der Waals surface area contributed by atoms with Gasteiger partial charge in [-0.2, -0.15) is 0 Å². The van der Waals surface area contributed by atoms with Crippen molar-refractivity contribution in [3.05, 3.63) is 157 Å². The molecule has 202 valence electrons. The zero-order chi connectivity index (χ0) is 28.8. The van der Waals surface area contributed by atoms with Crippen LogP contribution in [0, 0.1) is 6.92 Å². The topological polar surface area (TPSA) is 25.8 Å². The van der Waals surface area contributed by atoms with Crippen molar-refractivity contribution in [2.24, 2.45) is 0 Å². The lowest BCUT2D eigenvalue weighted by molar-refractivity contribution is 1.29. The molecule has 2 heteroatoms. The number of hydrogen-bond donors (Lipinski definition) is 0. The highest BCUT2D eigenvalue weighted by Gasteiger charge is 2.17. The third-order valence-electron chi connectivity index (χ3n) is 8.41. The zero-order valence-electron chi connectivity index (χ0n) is 23.8. The Morgan fingerprint density at radius 3 is 1.63 bits per heavy atom. The summed E-state index contributed by atoms with van der Waals surface area (Å²) < 4.78 is 0. The Bertz CT molecular complexity index is 2230. The quantitative estimate of drug-likeness (QED) is 0.204. The minimum Gasteiger partial charge on any atom is -0.256 e. The normalized spacial score (nSPS) is 11.4. The summed E-state index contributed by atoms with van der Waals surface area (Å²) in [6.45, 7) is 2.16. The lowest BCUT2D eigenvalue weighted by Gasteiger charge is -2.18. The number of aryl methyl sites for hydroxylation is 1. The van der Waals surface area contributed by atoms with E-state index < -0.39 is 0 Å². The lowest BCUT2D eigenvalue weighted by atomic mass is 9.85. The molecule has 0 radical (unpaired) electrons. The van der Waals surface area contributed by atoms with Crippen molar-refractivity contribution >= 4 is 32.3 Å². The molecule has 0 aliphatic carbocycles. The molecule has 8 rings (SSSR count). The van der Waals surface area contributed by atoms with Gasteiger partial charge in [-0.3, -0.25) is 9.97 Å². The molecule has 0 fully saturated rings. The van der Waals surface area contributed by atoms with Crippen molar-refractivity contribution in [3.63, 3.8) is 0 Å². The van der Waals surface area contributed by atoms with Crippen LogP contribution >= 0.6 is 0 Å². The van der Waals surface area contributed by atoms with Crippen LogP contribution in [0.15, 0.2) is 152 Å². The summed E-state index contributed by atoms with van der Waals surface area (Å²) in [7, 11) is 0. The van der Waals surface area contributed by atoms with Crippen LogP contribution in [-0.2, 0) is 0 Å². The van der Waals surface area contributed by atoms with Crippen molar-refractivity contribution in [1.82, 2.24) is 9.97 Å². The summed E-state index contributed by atoms with van der Waals surface area (Å²) in [5, 5.41) is 7.56. The summed E-state index contributed by atoms with van der Waals surface area (Å²) in [4.78, 5) is 9.20. The van der Waals surface area contributed by atoms with Crippen LogP contribution in [0.2, 0.25) is 0 Å². The van der Waals surface area contributed by atoms with E-state index in [1.807, 2.05) is 36.7 Å². The Hall–Kier alpha value is -5.60. The molecule has 0 amide bonds. The molecule has 0 N–H and O–H groups in total. The lowest BCUT2D eigenvalue weighted by Crippen LogP contribution is -1.91. The third-order valence-corrected chi connectivity index (χ3v) is 8.41. The predicted octanol–water partition coefficient (Wildman–Crippen LogP) is 10.9. The van der Waals surface area contributed by atoms with Crippen molar-refractivity contribution < 1.29 is 0 Å². The molecule has 0 aliphatic rings. The first-order chi connectivity index (χ1) is 21.2. The highest BCUT2D eigenvalue weighted by atomic mass is 14.7. The van der Waals surface area contributed by atoms with Gasteiger partial charge in [-0.05, 0) is 91.8 Å². The summed E-state index contributed by atoms with van der Waals surface area (Å²) >= 11 is 0. The Balaban J connectivity index is 1.29. The van der Waals surface area contributed by atoms with Crippen LogP contribution in [0.1, 0.15) is 5.56 Å². The fourth-order valence-corrected chi connectivity index (χ4v) is 6.36. The molecule has 0 bridgehead atoms. The molecule has 2 heterocycles. The Morgan fingerprint density at radius 1 is 0.372 bits per heavy atom. The number of hydrogen-bond acceptors (Lipinski definition) is 2. The largest absolute Gasteiger partial charge is 0.256 e. The zero-order valence-corrected chi connectivity index (χ0v) is 23.8. The maximum Gasteiger partial charge on any atom is 0.0708 e. The summed E-state index contributed by atoms with van der Waals surface area (Å²) in [5.41, 5.74) is 10.3. The highest BCUT2D eigenvalue weighted by molar-refractivity contribution is 6.21. The van der Waals surface area contributed by atoms with Gasteiger partial charge in [0.1, 0.15) is 0 Å². The molecule has 2 nitrogen and oxygen atoms in total. The Labute approximate surface area is 251 Å². The second kappa shape index (κ2) is 10.3. The highest BCUT2D eigenvalue weighted by Crippen LogP contribution is 2.44. The van der Waals surface area contributed by atoms with Crippen molar-refractivity contribution in [2.45, 2.75) is 6.92 Å². The van der Waals surface area contributed by atoms with Gasteiger partial charge in [0.15, 0.2) is 0 Å². The van der Waals surface area contributed by atoms with Crippen LogP contribution in [0.5, 0.6) is 0 Å². The fourth-order valence-electron chi connectivity index (χ4n) is 6.36. The first-order valence-corrected chi connectivity index (χ1v) is 14.7. The third kappa shape index (κ3) is 4.45. The van der Waals surface area contributed by atoms with Crippen LogP contribution in [-0.4, -0.2) is 9.97 Å². The van der Waals surface area contributed by atoms with Gasteiger partial charge in [0, 0.05) is 23.5 Å². The van der Waals surface area contributed by atoms with Gasteiger partial charge in [-0.15, -0.1) is 0 Å². The molecule has 0 spiro atoms. The summed E-state index contributed by atoms with van der Waals surface area (Å²) in [6, 6.07) is 50.1. The van der Waals surface area contributed by atoms with Crippen LogP contribution in [0.4, 0.5) is 0 Å². The number of rotatable bonds is 4. The molecule has 2 aromatic heterocycles. The minimum atomic E-state index is 0.936. The fraction of sp³-hybridized carbons (Fsp3) is 0.0244. The van der Waals surface area contributed by atoms with Crippen molar-refractivity contribution in [2.75, 3.05) is 0 Å². The number of pyridine rings is 2. The molecule has 0 atom stereocenters. The standard InChI is InChI=1S/C41H28N2/c1-27-13-14-28-15-20-32(25-33(28)24-27)41-36-10-4-2-8-34(36)40(35-9-3-5-11-37(35)41)30-18-16-29(17-19-30)39-26-31(21-23-43-39)38-12-6-7-22-42-38/h2-26H,1H3. The van der Waals surface area contributed by atoms with Gasteiger partial charge < -0.3 is 0 Å². The first-order valence-electron chi connectivity index (χ1n) is 14.7. The van der Waals surface area contributed by atoms with Gasteiger partial charge in [0.05, 0.1) is 11.4 Å². The van der Waals surface area contributed by atoms with Crippen LogP contribution in [0.3, 0.4) is 0 Å². The van der Waals surface area contributed by atoms with E-state index in [2.05, 4.69) is 132 Å². The van der Waals surface area contributed by atoms with E-state index >= 15 is 0 Å². The van der Waals surface area contributed by atoms with E-state index in [9.17, 15) is 0 Å². The number of benzene rings is 6. The predicted molar refractivity (Wildman–Crippen MR) is 181 cm³/mol. The van der Waals surface area contributed by atoms with Gasteiger partial charge in [-0.1, -0.05) is 115 Å². The smallest absolute Gasteiger partial charge is 0.0708 e. The van der Waals surface area contributed by atoms with E-state index in [4.69, 9.17) is 0 Å². The monoisotopic (exact) mass is 548 g/mol. The first kappa shape index (κ1) is 25.1. The van der Waals surface area contributed by atoms with E-state index in [1.165, 1.54) is 60.1 Å². The second-order valence-corrected chi connectivity index (χ2v) is 11.1. The van der Waals surface area contributed by atoms with Gasteiger partial charge in [0.25, 0.3) is 0 Å². The molecule has 8 aromatic rings. The average molecular weight is 549 g/mol. The summed E-state index contributed by atoms with van der Waals surface area (Å²) in [5.74, 6) is 0. The maximum atomic E-state index is 4.68. The molecule has 0 aliphatic heterocycles. The molecule has 6 aromatic carbocycles. The molecule has 43 heavy (non-hydrogen) atoms. The number of nitrogens with zero attached hydrogens (tertiary/aromatic N) is 2. The molecular weight excluding hydrogens is 520 g/mol. The molecule has 0 saturated heterocycles. The van der Waals surface area contributed by atoms with Gasteiger partial charge >= 0.3 is 0 Å². The molecule has 0 unspecified atom stereocenters. The number of fused-ring (bicyclic) bond motifs is 3. The Kier molecular flexibility index (Phi) is 6.05. The average Bonchev–Trinajstić information content (AvgIpc) is 3.07. The molecule has 0 saturated carbocycles. The SMILES string of the molecule is Cc1ccc2ccc(-c3c4ccccc4c(-c4ccc(-c5cc(-c6ccccn6)ccn5)cc4)c4ccccc34)cc2c1. The van der Waals surface area contributed by atoms with E-state index in [0.29, 0.717) is 0 Å². The van der Waals surface area contributed by atoms with Crippen molar-refractivity contribution in [1.29, 1.82) is 0 Å². The minimum absolute atomic E-state index is 0.936. The second-order valence-electron chi connectivity index (χ2n) is 11.1. The van der Waals surface area contributed by atoms with Crippen LogP contribution < -0.4 is 0 Å². The van der Waals surface area contributed by atoms with E-state index in [1.54, 1.807) is 0 Å².